The molecular formula is C8H14F3NO. The van der Waals surface area contributed by atoms with Crippen LogP contribution in [0.4, 0.5) is 13.2 Å². The second-order valence-electron chi connectivity index (χ2n) is 2.87. The number of alkyl halides is 3. The van der Waals surface area contributed by atoms with Gasteiger partial charge in [0.15, 0.2) is 0 Å². The molecule has 2 nitrogen and oxygen atoms in total. The summed E-state index contributed by atoms with van der Waals surface area (Å²) in [5.74, 6) is -1.62. The van der Waals surface area contributed by atoms with E-state index in [1.165, 1.54) is 0 Å². The summed E-state index contributed by atoms with van der Waals surface area (Å²) < 4.78 is 35.0. The number of hydrogen-bond donors (Lipinski definition) is 1. The van der Waals surface area contributed by atoms with Gasteiger partial charge in [0.1, 0.15) is 0 Å². The number of carbonyl (C=O) groups is 1. The van der Waals surface area contributed by atoms with Gasteiger partial charge in [0.2, 0.25) is 5.78 Å². The van der Waals surface area contributed by atoms with Crippen LogP contribution in [0.3, 0.4) is 0 Å². The van der Waals surface area contributed by atoms with Gasteiger partial charge in [-0.05, 0) is 19.4 Å². The minimum atomic E-state index is -4.66. The Morgan fingerprint density at radius 2 is 1.62 bits per heavy atom. The lowest BCUT2D eigenvalue weighted by Gasteiger charge is -2.04. The van der Waals surface area contributed by atoms with Crippen LogP contribution >= 0.6 is 0 Å². The van der Waals surface area contributed by atoms with Gasteiger partial charge in [-0.1, -0.05) is 12.8 Å². The Morgan fingerprint density at radius 1 is 1.08 bits per heavy atom. The van der Waals surface area contributed by atoms with Crippen LogP contribution in [0, 0.1) is 0 Å². The molecule has 0 aromatic carbocycles. The maximum absolute atomic E-state index is 11.7. The highest BCUT2D eigenvalue weighted by Crippen LogP contribution is 2.19. The number of hydrogen-bond acceptors (Lipinski definition) is 2. The zero-order valence-corrected chi connectivity index (χ0v) is 7.36. The first-order valence-corrected chi connectivity index (χ1v) is 4.28. The smallest absolute Gasteiger partial charge is 0.330 e. The van der Waals surface area contributed by atoms with Crippen molar-refractivity contribution in [1.29, 1.82) is 0 Å². The topological polar surface area (TPSA) is 43.1 Å². The van der Waals surface area contributed by atoms with Crippen LogP contribution in [0.1, 0.15) is 32.1 Å². The molecule has 0 aliphatic carbocycles. The second-order valence-corrected chi connectivity index (χ2v) is 2.87. The lowest BCUT2D eigenvalue weighted by molar-refractivity contribution is -0.171. The minimum Gasteiger partial charge on any atom is -0.330 e. The van der Waals surface area contributed by atoms with E-state index in [1.54, 1.807) is 0 Å². The van der Waals surface area contributed by atoms with Crippen LogP contribution in [-0.4, -0.2) is 18.5 Å². The van der Waals surface area contributed by atoms with Gasteiger partial charge in [-0.15, -0.1) is 0 Å². The zero-order chi connectivity index (χ0) is 10.3. The standard InChI is InChI=1S/C8H14F3NO/c9-8(10,11)7(13)5-3-1-2-4-6-12/h1-6,12H2. The van der Waals surface area contributed by atoms with Gasteiger partial charge in [0, 0.05) is 6.42 Å². The van der Waals surface area contributed by atoms with Gasteiger partial charge in [-0.25, -0.2) is 0 Å². The molecule has 0 rings (SSSR count). The Kier molecular flexibility index (Phi) is 5.70. The predicted octanol–water partition coefficient (Wildman–Crippen LogP) is 2.03. The highest BCUT2D eigenvalue weighted by atomic mass is 19.4. The number of halogens is 3. The minimum absolute atomic E-state index is 0.304. The first-order chi connectivity index (χ1) is 5.98. The molecule has 0 heterocycles. The summed E-state index contributed by atoms with van der Waals surface area (Å²) in [7, 11) is 0. The number of nitrogens with two attached hydrogens (primary N) is 1. The average molecular weight is 197 g/mol. The fourth-order valence-corrected chi connectivity index (χ4v) is 0.925. The molecule has 0 radical (unpaired) electrons. The molecule has 0 aromatic heterocycles. The fourth-order valence-electron chi connectivity index (χ4n) is 0.925. The maximum Gasteiger partial charge on any atom is 0.449 e. The SMILES string of the molecule is NCCCCCCC(=O)C(F)(F)F. The third-order valence-electron chi connectivity index (χ3n) is 1.67. The summed E-state index contributed by atoms with van der Waals surface area (Å²) in [5.41, 5.74) is 5.19. The first-order valence-electron chi connectivity index (χ1n) is 4.28. The molecule has 0 bridgehead atoms. The molecule has 0 aliphatic rings. The van der Waals surface area contributed by atoms with E-state index < -0.39 is 18.4 Å². The summed E-state index contributed by atoms with van der Waals surface area (Å²) >= 11 is 0. The van der Waals surface area contributed by atoms with Gasteiger partial charge in [0.25, 0.3) is 0 Å². The predicted molar refractivity (Wildman–Crippen MR) is 43.2 cm³/mol. The quantitative estimate of drug-likeness (QED) is 0.662. The van der Waals surface area contributed by atoms with Gasteiger partial charge in [0.05, 0.1) is 0 Å². The van der Waals surface area contributed by atoms with E-state index >= 15 is 0 Å². The highest BCUT2D eigenvalue weighted by molar-refractivity contribution is 5.83. The molecule has 0 aromatic rings. The Bertz CT molecular complexity index is 156. The first kappa shape index (κ1) is 12.4. The molecule has 0 amide bonds. The van der Waals surface area contributed by atoms with Crippen molar-refractivity contribution in [3.8, 4) is 0 Å². The van der Waals surface area contributed by atoms with E-state index in [1.807, 2.05) is 0 Å². The number of Topliss-reactive ketones (excluding diaryl/α,β-unsaturated/α-hetero) is 1. The van der Waals surface area contributed by atoms with E-state index in [4.69, 9.17) is 5.73 Å². The molecule has 13 heavy (non-hydrogen) atoms. The van der Waals surface area contributed by atoms with E-state index in [0.717, 1.165) is 12.8 Å². The van der Waals surface area contributed by atoms with E-state index in [2.05, 4.69) is 0 Å². The Morgan fingerprint density at radius 3 is 2.08 bits per heavy atom. The molecule has 5 heteroatoms. The third kappa shape index (κ3) is 6.57. The number of unbranched alkanes of at least 4 members (excludes halogenated alkanes) is 3. The molecule has 0 unspecified atom stereocenters. The molecule has 0 saturated carbocycles. The molecule has 0 fully saturated rings. The molecular weight excluding hydrogens is 183 g/mol. The summed E-state index contributed by atoms with van der Waals surface area (Å²) in [4.78, 5) is 10.3. The van der Waals surface area contributed by atoms with Crippen LogP contribution in [0.5, 0.6) is 0 Å². The molecule has 0 atom stereocenters. The van der Waals surface area contributed by atoms with Crippen molar-refractivity contribution in [2.24, 2.45) is 5.73 Å². The molecule has 0 spiro atoms. The molecule has 2 N–H and O–H groups in total. The maximum atomic E-state index is 11.7. The van der Waals surface area contributed by atoms with Crippen molar-refractivity contribution in [3.63, 3.8) is 0 Å². The van der Waals surface area contributed by atoms with Gasteiger partial charge >= 0.3 is 6.18 Å². The zero-order valence-electron chi connectivity index (χ0n) is 7.36. The van der Waals surface area contributed by atoms with Crippen molar-refractivity contribution in [2.75, 3.05) is 6.54 Å². The Hall–Kier alpha value is -0.580. The number of rotatable bonds is 6. The normalized spacial score (nSPS) is 11.7. The van der Waals surface area contributed by atoms with Crippen LogP contribution in [-0.2, 0) is 4.79 Å². The summed E-state index contributed by atoms with van der Waals surface area (Å²) in [5, 5.41) is 0. The lowest BCUT2D eigenvalue weighted by atomic mass is 10.1. The summed E-state index contributed by atoms with van der Waals surface area (Å²) in [6.45, 7) is 0.549. The van der Waals surface area contributed by atoms with Crippen LogP contribution in [0.15, 0.2) is 0 Å². The monoisotopic (exact) mass is 197 g/mol. The van der Waals surface area contributed by atoms with Crippen molar-refractivity contribution in [2.45, 2.75) is 38.3 Å². The Labute approximate surface area is 75.3 Å². The van der Waals surface area contributed by atoms with Crippen LogP contribution < -0.4 is 5.73 Å². The summed E-state index contributed by atoms with van der Waals surface area (Å²) in [6, 6.07) is 0. The molecule has 0 saturated heterocycles. The van der Waals surface area contributed by atoms with Crippen molar-refractivity contribution in [1.82, 2.24) is 0 Å². The number of carbonyl (C=O) groups excluding carboxylic acids is 1. The van der Waals surface area contributed by atoms with Crippen molar-refractivity contribution >= 4 is 5.78 Å². The van der Waals surface area contributed by atoms with E-state index in [9.17, 15) is 18.0 Å². The van der Waals surface area contributed by atoms with Gasteiger partial charge in [-0.2, -0.15) is 13.2 Å². The largest absolute Gasteiger partial charge is 0.449 e. The highest BCUT2D eigenvalue weighted by Gasteiger charge is 2.36. The fraction of sp³-hybridized carbons (Fsp3) is 0.875. The molecule has 78 valence electrons. The third-order valence-corrected chi connectivity index (χ3v) is 1.67. The van der Waals surface area contributed by atoms with Crippen LogP contribution in [0.2, 0.25) is 0 Å². The second kappa shape index (κ2) is 5.96. The number of ketones is 1. The van der Waals surface area contributed by atoms with Crippen molar-refractivity contribution in [3.05, 3.63) is 0 Å². The molecule has 0 aliphatic heterocycles. The van der Waals surface area contributed by atoms with E-state index in [0.29, 0.717) is 19.4 Å². The van der Waals surface area contributed by atoms with Crippen LogP contribution in [0.25, 0.3) is 0 Å². The van der Waals surface area contributed by atoms with Gasteiger partial charge in [-0.3, -0.25) is 4.79 Å². The lowest BCUT2D eigenvalue weighted by Crippen LogP contribution is -2.22. The van der Waals surface area contributed by atoms with E-state index in [-0.39, 0.29) is 0 Å². The Balaban J connectivity index is 3.38. The van der Waals surface area contributed by atoms with Crippen molar-refractivity contribution < 1.29 is 18.0 Å². The van der Waals surface area contributed by atoms with Gasteiger partial charge < -0.3 is 5.73 Å². The average Bonchev–Trinajstić information content (AvgIpc) is 2.02. The summed E-state index contributed by atoms with van der Waals surface area (Å²) in [6.07, 6.45) is -2.51.